The van der Waals surface area contributed by atoms with Crippen molar-refractivity contribution in [2.24, 2.45) is 27.9 Å². The van der Waals surface area contributed by atoms with Crippen LogP contribution >= 0.6 is 0 Å². The van der Waals surface area contributed by atoms with E-state index in [0.29, 0.717) is 27.7 Å². The third-order valence-corrected chi connectivity index (χ3v) is 9.54. The fourth-order valence-electron chi connectivity index (χ4n) is 9.11. The van der Waals surface area contributed by atoms with Crippen LogP contribution in [0.15, 0.2) is 30.3 Å². The number of hydrogen-bond acceptors (Lipinski definition) is 2. The molecule has 1 heterocycles. The molecule has 25 heavy (non-hydrogen) atoms. The maximum absolute atomic E-state index is 6.15. The van der Waals surface area contributed by atoms with Gasteiger partial charge in [-0.05, 0) is 85.8 Å². The molecule has 2 N–H and O–H groups in total. The van der Waals surface area contributed by atoms with Gasteiger partial charge >= 0.3 is 0 Å². The minimum atomic E-state index is 0.450. The van der Waals surface area contributed by atoms with E-state index in [1.807, 2.05) is 0 Å². The molecular formula is C23H32N2. The van der Waals surface area contributed by atoms with Gasteiger partial charge in [0.1, 0.15) is 0 Å². The molecule has 2 nitrogen and oxygen atoms in total. The van der Waals surface area contributed by atoms with Crippen molar-refractivity contribution in [3.63, 3.8) is 0 Å². The molecule has 4 aliphatic carbocycles. The molecule has 2 bridgehead atoms. The van der Waals surface area contributed by atoms with Crippen molar-refractivity contribution in [3.8, 4) is 0 Å². The number of benzene rings is 1. The van der Waals surface area contributed by atoms with E-state index >= 15 is 0 Å². The molecule has 0 radical (unpaired) electrons. The van der Waals surface area contributed by atoms with Gasteiger partial charge in [-0.15, -0.1) is 0 Å². The van der Waals surface area contributed by atoms with Gasteiger partial charge in [0.15, 0.2) is 0 Å². The Kier molecular flexibility index (Phi) is 2.75. The van der Waals surface area contributed by atoms with Gasteiger partial charge in [0.25, 0.3) is 0 Å². The van der Waals surface area contributed by atoms with Gasteiger partial charge in [-0.2, -0.15) is 0 Å². The minimum Gasteiger partial charge on any atom is -0.328 e. The molecule has 1 aliphatic heterocycles. The Morgan fingerprint density at radius 1 is 1.04 bits per heavy atom. The normalized spacial score (nSPS) is 51.0. The summed E-state index contributed by atoms with van der Waals surface area (Å²) in [7, 11) is 0. The second-order valence-corrected chi connectivity index (χ2v) is 10.7. The monoisotopic (exact) mass is 336 g/mol. The highest BCUT2D eigenvalue weighted by atomic mass is 15.2. The first kappa shape index (κ1) is 15.2. The van der Waals surface area contributed by atoms with Crippen LogP contribution < -0.4 is 5.73 Å². The van der Waals surface area contributed by atoms with E-state index in [2.05, 4.69) is 42.2 Å². The Hall–Kier alpha value is -0.860. The van der Waals surface area contributed by atoms with Crippen LogP contribution in [0.4, 0.5) is 0 Å². The molecule has 0 aromatic heterocycles. The second kappa shape index (κ2) is 4.51. The highest BCUT2D eigenvalue weighted by Gasteiger charge is 2.88. The van der Waals surface area contributed by atoms with Crippen molar-refractivity contribution < 1.29 is 0 Å². The zero-order valence-corrected chi connectivity index (χ0v) is 15.6. The molecule has 5 fully saturated rings. The van der Waals surface area contributed by atoms with Crippen LogP contribution in [0.3, 0.4) is 0 Å². The van der Waals surface area contributed by atoms with Gasteiger partial charge in [-0.25, -0.2) is 0 Å². The summed E-state index contributed by atoms with van der Waals surface area (Å²) in [4.78, 5) is 2.77. The van der Waals surface area contributed by atoms with Crippen molar-refractivity contribution in [1.29, 1.82) is 0 Å². The lowest BCUT2D eigenvalue weighted by molar-refractivity contribution is -0.271. The molecule has 134 valence electrons. The lowest BCUT2D eigenvalue weighted by Crippen LogP contribution is -2.74. The van der Waals surface area contributed by atoms with E-state index in [1.54, 1.807) is 5.56 Å². The molecular weight excluding hydrogens is 304 g/mol. The van der Waals surface area contributed by atoms with Crippen molar-refractivity contribution in [2.45, 2.75) is 63.3 Å². The van der Waals surface area contributed by atoms with Gasteiger partial charge in [0, 0.05) is 18.0 Å². The number of fused-ring (bicyclic) bond motifs is 1. The molecule has 5 atom stereocenters. The SMILES string of the molecule is CC12CC3CC4(CN5CCC(N)CC5)CC(c5ccccc5)(C1)C32C4. The van der Waals surface area contributed by atoms with E-state index in [9.17, 15) is 0 Å². The van der Waals surface area contributed by atoms with Crippen LogP contribution in [0.5, 0.6) is 0 Å². The number of nitrogens with two attached hydrogens (primary N) is 1. The van der Waals surface area contributed by atoms with E-state index in [1.165, 1.54) is 64.6 Å². The van der Waals surface area contributed by atoms with Crippen molar-refractivity contribution in [1.82, 2.24) is 4.90 Å². The molecule has 1 aromatic carbocycles. The van der Waals surface area contributed by atoms with Crippen LogP contribution in [-0.4, -0.2) is 30.6 Å². The van der Waals surface area contributed by atoms with Gasteiger partial charge < -0.3 is 10.6 Å². The summed E-state index contributed by atoms with van der Waals surface area (Å²) >= 11 is 0. The van der Waals surface area contributed by atoms with Crippen LogP contribution in [0.25, 0.3) is 0 Å². The van der Waals surface area contributed by atoms with Gasteiger partial charge in [-0.3, -0.25) is 0 Å². The molecule has 1 spiro atoms. The Balaban J connectivity index is 1.35. The third kappa shape index (κ3) is 1.61. The Bertz CT molecular complexity index is 708. The second-order valence-electron chi connectivity index (χ2n) is 10.7. The summed E-state index contributed by atoms with van der Waals surface area (Å²) < 4.78 is 0. The average Bonchev–Trinajstić information content (AvgIpc) is 3.05. The number of nitrogens with zero attached hydrogens (tertiary/aromatic N) is 1. The molecule has 0 amide bonds. The highest BCUT2D eigenvalue weighted by Crippen LogP contribution is 2.93. The summed E-state index contributed by atoms with van der Waals surface area (Å²) in [5.41, 5.74) is 10.2. The smallest absolute Gasteiger partial charge is 0.00631 e. The molecule has 2 heteroatoms. The van der Waals surface area contributed by atoms with Crippen LogP contribution in [0.2, 0.25) is 0 Å². The van der Waals surface area contributed by atoms with Crippen LogP contribution in [0, 0.1) is 22.2 Å². The predicted molar refractivity (Wildman–Crippen MR) is 101 cm³/mol. The zero-order valence-electron chi connectivity index (χ0n) is 15.6. The highest BCUT2D eigenvalue weighted by molar-refractivity contribution is 5.47. The van der Waals surface area contributed by atoms with E-state index < -0.39 is 0 Å². The van der Waals surface area contributed by atoms with Crippen molar-refractivity contribution >= 4 is 0 Å². The average molecular weight is 337 g/mol. The zero-order chi connectivity index (χ0) is 16.9. The maximum atomic E-state index is 6.15. The molecule has 1 saturated heterocycles. The predicted octanol–water partition coefficient (Wildman–Crippen LogP) is 3.95. The molecule has 5 unspecified atom stereocenters. The third-order valence-electron chi connectivity index (χ3n) is 9.54. The van der Waals surface area contributed by atoms with Gasteiger partial charge in [-0.1, -0.05) is 37.3 Å². The summed E-state index contributed by atoms with van der Waals surface area (Å²) in [6.07, 6.45) is 9.84. The number of hydrogen-bond donors (Lipinski definition) is 1. The summed E-state index contributed by atoms with van der Waals surface area (Å²) in [6, 6.07) is 12.1. The number of rotatable bonds is 3. The van der Waals surface area contributed by atoms with E-state index in [-0.39, 0.29) is 0 Å². The molecule has 1 aromatic rings. The molecule has 4 saturated carbocycles. The standard InChI is InChI=1S/C23H32N2/c1-20-11-18-12-21(16-25-9-7-19(24)8-10-25)14-22(13-20,23(18,20)15-21)17-5-3-2-4-6-17/h2-6,18-19H,7-16,24H2,1H3. The van der Waals surface area contributed by atoms with Gasteiger partial charge in [0.2, 0.25) is 0 Å². The quantitative estimate of drug-likeness (QED) is 0.905. The van der Waals surface area contributed by atoms with Crippen LogP contribution in [0.1, 0.15) is 57.4 Å². The van der Waals surface area contributed by atoms with E-state index in [4.69, 9.17) is 5.73 Å². The Morgan fingerprint density at radius 3 is 2.52 bits per heavy atom. The topological polar surface area (TPSA) is 29.3 Å². The summed E-state index contributed by atoms with van der Waals surface area (Å²) in [5.74, 6) is 1.01. The first-order chi connectivity index (χ1) is 12.0. The lowest BCUT2D eigenvalue weighted by Gasteiger charge is -2.79. The van der Waals surface area contributed by atoms with Crippen molar-refractivity contribution in [3.05, 3.63) is 35.9 Å². The first-order valence-corrected chi connectivity index (χ1v) is 10.5. The maximum Gasteiger partial charge on any atom is 0.00631 e. The van der Waals surface area contributed by atoms with Crippen molar-refractivity contribution in [2.75, 3.05) is 19.6 Å². The minimum absolute atomic E-state index is 0.450. The van der Waals surface area contributed by atoms with Gasteiger partial charge in [0.05, 0.1) is 0 Å². The van der Waals surface area contributed by atoms with Crippen LogP contribution in [-0.2, 0) is 5.41 Å². The number of piperidine rings is 1. The molecule has 6 rings (SSSR count). The fourth-order valence-corrected chi connectivity index (χ4v) is 9.11. The number of likely N-dealkylation sites (tertiary alicyclic amines) is 1. The summed E-state index contributed by atoms with van der Waals surface area (Å²) in [6.45, 7) is 6.43. The largest absolute Gasteiger partial charge is 0.328 e. The summed E-state index contributed by atoms with van der Waals surface area (Å²) in [5, 5.41) is 0. The fraction of sp³-hybridized carbons (Fsp3) is 0.739. The first-order valence-electron chi connectivity index (χ1n) is 10.5. The lowest BCUT2D eigenvalue weighted by atomic mass is 9.24. The Morgan fingerprint density at radius 2 is 1.80 bits per heavy atom. The Labute approximate surface area is 152 Å². The van der Waals surface area contributed by atoms with E-state index in [0.717, 1.165) is 5.92 Å². The molecule has 5 aliphatic rings.